The first-order valence-corrected chi connectivity index (χ1v) is 5.95. The second-order valence-corrected chi connectivity index (χ2v) is 3.89. The first kappa shape index (κ1) is 13.1. The number of nitrogens with zero attached hydrogens (tertiary/aromatic N) is 3. The van der Waals surface area contributed by atoms with E-state index in [0.29, 0.717) is 12.4 Å². The van der Waals surface area contributed by atoms with Crippen molar-refractivity contribution in [2.75, 3.05) is 13.2 Å². The van der Waals surface area contributed by atoms with E-state index in [1.165, 1.54) is 0 Å². The van der Waals surface area contributed by atoms with Crippen molar-refractivity contribution in [2.24, 2.45) is 0 Å². The van der Waals surface area contributed by atoms with Gasteiger partial charge in [-0.25, -0.2) is 4.98 Å². The SMILES string of the molecule is Cc1nccn1CCOc1cncc(C#CCO)c1. The fraction of sp³-hybridized carbons (Fsp3) is 0.286. The molecular weight excluding hydrogens is 242 g/mol. The van der Waals surface area contributed by atoms with Gasteiger partial charge in [-0.05, 0) is 13.0 Å². The van der Waals surface area contributed by atoms with E-state index >= 15 is 0 Å². The predicted octanol–water partition coefficient (Wildman–Crippen LogP) is 1.01. The van der Waals surface area contributed by atoms with Gasteiger partial charge in [0.15, 0.2) is 0 Å². The summed E-state index contributed by atoms with van der Waals surface area (Å²) in [5.74, 6) is 7.00. The maximum absolute atomic E-state index is 8.64. The summed E-state index contributed by atoms with van der Waals surface area (Å²) in [4.78, 5) is 8.19. The van der Waals surface area contributed by atoms with Crippen molar-refractivity contribution in [1.82, 2.24) is 14.5 Å². The molecule has 0 spiro atoms. The molecule has 19 heavy (non-hydrogen) atoms. The number of hydrogen-bond acceptors (Lipinski definition) is 4. The molecule has 2 aromatic heterocycles. The minimum Gasteiger partial charge on any atom is -0.490 e. The van der Waals surface area contributed by atoms with Crippen molar-refractivity contribution in [3.8, 4) is 17.6 Å². The van der Waals surface area contributed by atoms with Crippen molar-refractivity contribution in [2.45, 2.75) is 13.5 Å². The number of ether oxygens (including phenoxy) is 1. The third-order valence-electron chi connectivity index (χ3n) is 2.55. The van der Waals surface area contributed by atoms with Crippen LogP contribution in [0.5, 0.6) is 5.75 Å². The number of imidazole rings is 1. The van der Waals surface area contributed by atoms with Crippen LogP contribution in [0.1, 0.15) is 11.4 Å². The van der Waals surface area contributed by atoms with Crippen LogP contribution in [0, 0.1) is 18.8 Å². The molecule has 2 aromatic rings. The molecule has 0 aliphatic carbocycles. The van der Waals surface area contributed by atoms with Crippen LogP contribution in [0.15, 0.2) is 30.9 Å². The Morgan fingerprint density at radius 3 is 3.05 bits per heavy atom. The maximum Gasteiger partial charge on any atom is 0.138 e. The molecule has 0 aliphatic rings. The quantitative estimate of drug-likeness (QED) is 0.830. The number of aryl methyl sites for hydroxylation is 1. The standard InChI is InChI=1S/C14H15N3O2/c1-12-16-4-5-17(12)6-8-19-14-9-13(3-2-7-18)10-15-11-14/h4-5,9-11,18H,6-8H2,1H3. The number of rotatable bonds is 4. The Morgan fingerprint density at radius 2 is 2.32 bits per heavy atom. The van der Waals surface area contributed by atoms with Crippen LogP contribution in [-0.2, 0) is 6.54 Å². The summed E-state index contributed by atoms with van der Waals surface area (Å²) in [6, 6.07) is 1.80. The first-order valence-electron chi connectivity index (χ1n) is 5.95. The Hall–Kier alpha value is -2.32. The topological polar surface area (TPSA) is 60.2 Å². The Kier molecular flexibility index (Phi) is 4.54. The van der Waals surface area contributed by atoms with Gasteiger partial charge >= 0.3 is 0 Å². The molecule has 0 bridgehead atoms. The van der Waals surface area contributed by atoms with Crippen LogP contribution in [0.25, 0.3) is 0 Å². The number of aromatic nitrogens is 3. The van der Waals surface area contributed by atoms with Crippen molar-refractivity contribution in [3.63, 3.8) is 0 Å². The lowest BCUT2D eigenvalue weighted by Crippen LogP contribution is -2.08. The third-order valence-corrected chi connectivity index (χ3v) is 2.55. The van der Waals surface area contributed by atoms with Gasteiger partial charge in [0, 0.05) is 24.2 Å². The fourth-order valence-corrected chi connectivity index (χ4v) is 1.61. The van der Waals surface area contributed by atoms with E-state index in [1.807, 2.05) is 17.7 Å². The van der Waals surface area contributed by atoms with E-state index in [0.717, 1.165) is 17.9 Å². The minimum atomic E-state index is -0.162. The van der Waals surface area contributed by atoms with Gasteiger partial charge in [0.1, 0.15) is 24.8 Å². The van der Waals surface area contributed by atoms with Gasteiger partial charge in [-0.3, -0.25) is 4.98 Å². The summed E-state index contributed by atoms with van der Waals surface area (Å²) < 4.78 is 7.63. The second kappa shape index (κ2) is 6.57. The van der Waals surface area contributed by atoms with Crippen LogP contribution < -0.4 is 4.74 Å². The lowest BCUT2D eigenvalue weighted by Gasteiger charge is -2.07. The van der Waals surface area contributed by atoms with Crippen molar-refractivity contribution in [1.29, 1.82) is 0 Å². The number of aliphatic hydroxyl groups excluding tert-OH is 1. The van der Waals surface area contributed by atoms with Gasteiger partial charge in [-0.15, -0.1) is 0 Å². The molecule has 0 saturated carbocycles. The van der Waals surface area contributed by atoms with Gasteiger partial charge in [-0.1, -0.05) is 11.8 Å². The zero-order chi connectivity index (χ0) is 13.5. The highest BCUT2D eigenvalue weighted by atomic mass is 16.5. The molecule has 0 radical (unpaired) electrons. The van der Waals surface area contributed by atoms with E-state index in [4.69, 9.17) is 9.84 Å². The molecule has 0 aliphatic heterocycles. The molecular formula is C14H15N3O2. The van der Waals surface area contributed by atoms with Crippen LogP contribution in [0.3, 0.4) is 0 Å². The fourth-order valence-electron chi connectivity index (χ4n) is 1.61. The summed E-state index contributed by atoms with van der Waals surface area (Å²) in [5, 5.41) is 8.64. The number of hydrogen-bond donors (Lipinski definition) is 1. The normalized spacial score (nSPS) is 9.79. The zero-order valence-electron chi connectivity index (χ0n) is 10.7. The summed E-state index contributed by atoms with van der Waals surface area (Å²) in [5.41, 5.74) is 0.727. The van der Waals surface area contributed by atoms with E-state index in [-0.39, 0.29) is 6.61 Å². The molecule has 0 unspecified atom stereocenters. The lowest BCUT2D eigenvalue weighted by molar-refractivity contribution is 0.296. The molecule has 5 nitrogen and oxygen atoms in total. The van der Waals surface area contributed by atoms with Gasteiger partial charge < -0.3 is 14.4 Å². The Morgan fingerprint density at radius 1 is 1.42 bits per heavy atom. The van der Waals surface area contributed by atoms with Crippen molar-refractivity contribution >= 4 is 0 Å². The van der Waals surface area contributed by atoms with Crippen LogP contribution in [0.4, 0.5) is 0 Å². The summed E-state index contributed by atoms with van der Waals surface area (Å²) in [7, 11) is 0. The Bertz CT molecular complexity index is 596. The van der Waals surface area contributed by atoms with E-state index < -0.39 is 0 Å². The highest BCUT2D eigenvalue weighted by Crippen LogP contribution is 2.10. The summed E-state index contributed by atoms with van der Waals surface area (Å²) in [6.07, 6.45) is 6.96. The largest absolute Gasteiger partial charge is 0.490 e. The summed E-state index contributed by atoms with van der Waals surface area (Å²) >= 11 is 0. The van der Waals surface area contributed by atoms with E-state index in [1.54, 1.807) is 24.7 Å². The molecule has 98 valence electrons. The van der Waals surface area contributed by atoms with Crippen LogP contribution >= 0.6 is 0 Å². The molecule has 2 heterocycles. The summed E-state index contributed by atoms with van der Waals surface area (Å²) in [6.45, 7) is 3.06. The van der Waals surface area contributed by atoms with Gasteiger partial charge in [0.05, 0.1) is 12.7 Å². The monoisotopic (exact) mass is 257 g/mol. The van der Waals surface area contributed by atoms with Crippen LogP contribution in [0.2, 0.25) is 0 Å². The zero-order valence-corrected chi connectivity index (χ0v) is 10.7. The van der Waals surface area contributed by atoms with Crippen molar-refractivity contribution in [3.05, 3.63) is 42.2 Å². The molecule has 2 rings (SSSR count). The molecule has 0 aromatic carbocycles. The molecule has 1 N–H and O–H groups in total. The Labute approximate surface area is 111 Å². The lowest BCUT2D eigenvalue weighted by atomic mass is 10.3. The predicted molar refractivity (Wildman–Crippen MR) is 70.7 cm³/mol. The highest BCUT2D eigenvalue weighted by Gasteiger charge is 1.99. The molecule has 0 atom stereocenters. The molecule has 0 saturated heterocycles. The van der Waals surface area contributed by atoms with Crippen LogP contribution in [-0.4, -0.2) is 32.9 Å². The minimum absolute atomic E-state index is 0.162. The average molecular weight is 257 g/mol. The first-order chi connectivity index (χ1) is 9.29. The van der Waals surface area contributed by atoms with Gasteiger partial charge in [0.2, 0.25) is 0 Å². The number of pyridine rings is 1. The van der Waals surface area contributed by atoms with Crippen molar-refractivity contribution < 1.29 is 9.84 Å². The highest BCUT2D eigenvalue weighted by molar-refractivity contribution is 5.36. The van der Waals surface area contributed by atoms with Gasteiger partial charge in [-0.2, -0.15) is 0 Å². The Balaban J connectivity index is 1.91. The average Bonchev–Trinajstić information content (AvgIpc) is 2.83. The van der Waals surface area contributed by atoms with E-state index in [9.17, 15) is 0 Å². The maximum atomic E-state index is 8.64. The smallest absolute Gasteiger partial charge is 0.138 e. The second-order valence-electron chi connectivity index (χ2n) is 3.89. The number of aliphatic hydroxyl groups is 1. The molecule has 0 amide bonds. The van der Waals surface area contributed by atoms with E-state index in [2.05, 4.69) is 21.8 Å². The van der Waals surface area contributed by atoms with Gasteiger partial charge in [0.25, 0.3) is 0 Å². The molecule has 0 fully saturated rings. The third kappa shape index (κ3) is 3.83. The molecule has 5 heteroatoms.